The third-order valence-electron chi connectivity index (χ3n) is 6.34. The average molecular weight is 460 g/mol. The summed E-state index contributed by atoms with van der Waals surface area (Å²) in [4.78, 5) is 20.1. The second kappa shape index (κ2) is 9.35. The van der Waals surface area contributed by atoms with Crippen molar-refractivity contribution >= 4 is 32.7 Å². The van der Waals surface area contributed by atoms with Crippen LogP contribution in [-0.2, 0) is 17.8 Å². The van der Waals surface area contributed by atoms with Crippen molar-refractivity contribution in [2.45, 2.75) is 39.7 Å². The fourth-order valence-electron chi connectivity index (χ4n) is 4.40. The number of rotatable bonds is 6. The van der Waals surface area contributed by atoms with Crippen molar-refractivity contribution in [2.75, 3.05) is 18.0 Å². The van der Waals surface area contributed by atoms with Gasteiger partial charge in [-0.25, -0.2) is 4.68 Å². The molecule has 2 aromatic carbocycles. The average Bonchev–Trinajstić information content (AvgIpc) is 3.44. The lowest BCUT2D eigenvalue weighted by molar-refractivity contribution is -0.125. The van der Waals surface area contributed by atoms with E-state index in [1.54, 1.807) is 11.3 Å². The minimum Gasteiger partial charge on any atom is -0.352 e. The van der Waals surface area contributed by atoms with Gasteiger partial charge in [-0.1, -0.05) is 60.7 Å². The summed E-state index contributed by atoms with van der Waals surface area (Å²) in [6, 6.07) is 18.6. The Labute approximate surface area is 198 Å². The van der Waals surface area contributed by atoms with Gasteiger partial charge >= 0.3 is 0 Å². The molecule has 1 atom stereocenters. The summed E-state index contributed by atoms with van der Waals surface area (Å²) in [6.07, 6.45) is 2.93. The van der Waals surface area contributed by atoms with Gasteiger partial charge in [-0.3, -0.25) is 4.79 Å². The lowest BCUT2D eigenvalue weighted by Gasteiger charge is -2.31. The van der Waals surface area contributed by atoms with Gasteiger partial charge in [0.15, 0.2) is 10.8 Å². The summed E-state index contributed by atoms with van der Waals surface area (Å²) in [5, 5.41) is 8.81. The quantitative estimate of drug-likeness (QED) is 0.446. The van der Waals surface area contributed by atoms with Crippen LogP contribution in [0.2, 0.25) is 0 Å². The first-order valence-electron chi connectivity index (χ1n) is 11.6. The predicted octanol–water partition coefficient (Wildman–Crippen LogP) is 4.89. The Morgan fingerprint density at radius 1 is 1.12 bits per heavy atom. The van der Waals surface area contributed by atoms with E-state index in [0.717, 1.165) is 58.2 Å². The van der Waals surface area contributed by atoms with E-state index in [2.05, 4.69) is 41.4 Å². The Bertz CT molecular complexity index is 1250. The molecule has 1 aliphatic rings. The van der Waals surface area contributed by atoms with Crippen molar-refractivity contribution in [3.63, 3.8) is 0 Å². The van der Waals surface area contributed by atoms with E-state index < -0.39 is 0 Å². The number of fused-ring (bicyclic) bond motifs is 1. The minimum atomic E-state index is -0.0209. The van der Waals surface area contributed by atoms with Crippen LogP contribution < -0.4 is 10.2 Å². The number of amides is 1. The van der Waals surface area contributed by atoms with Crippen LogP contribution in [0, 0.1) is 12.8 Å². The molecule has 5 rings (SSSR count). The molecule has 1 N–H and O–H groups in total. The van der Waals surface area contributed by atoms with E-state index >= 15 is 0 Å². The minimum absolute atomic E-state index is 0.0209. The maximum atomic E-state index is 12.9. The number of carbonyl (C=O) groups is 1. The first kappa shape index (κ1) is 21.6. The number of hydrogen-bond acceptors (Lipinski definition) is 5. The number of nitrogens with zero attached hydrogens (tertiary/aromatic N) is 4. The highest BCUT2D eigenvalue weighted by Gasteiger charge is 2.28. The van der Waals surface area contributed by atoms with Crippen LogP contribution >= 0.6 is 11.3 Å². The lowest BCUT2D eigenvalue weighted by Crippen LogP contribution is -2.43. The molecule has 6 nitrogen and oxygen atoms in total. The number of para-hydroxylation sites is 1. The Morgan fingerprint density at radius 2 is 1.88 bits per heavy atom. The van der Waals surface area contributed by atoms with Crippen molar-refractivity contribution in [2.24, 2.45) is 5.92 Å². The van der Waals surface area contributed by atoms with E-state index in [0.29, 0.717) is 13.1 Å². The predicted molar refractivity (Wildman–Crippen MR) is 134 cm³/mol. The molecule has 0 radical (unpaired) electrons. The zero-order chi connectivity index (χ0) is 22.8. The van der Waals surface area contributed by atoms with E-state index in [4.69, 9.17) is 10.1 Å². The number of hydrogen-bond donors (Lipinski definition) is 1. The number of carbonyl (C=O) groups excluding carboxylic acids is 1. The van der Waals surface area contributed by atoms with Crippen molar-refractivity contribution in [3.8, 4) is 5.69 Å². The number of nitrogens with one attached hydrogen (secondary N) is 1. The Kier molecular flexibility index (Phi) is 6.13. The van der Waals surface area contributed by atoms with Crippen molar-refractivity contribution < 1.29 is 4.79 Å². The Morgan fingerprint density at radius 3 is 2.64 bits per heavy atom. The molecular formula is C26H29N5OS. The van der Waals surface area contributed by atoms with Crippen LogP contribution in [0.3, 0.4) is 0 Å². The van der Waals surface area contributed by atoms with Crippen LogP contribution in [0.15, 0.2) is 54.6 Å². The largest absolute Gasteiger partial charge is 0.352 e. The summed E-state index contributed by atoms with van der Waals surface area (Å²) < 4.78 is 3.03. The molecule has 1 aliphatic heterocycles. The topological polar surface area (TPSA) is 63.1 Å². The molecule has 4 aromatic rings. The summed E-state index contributed by atoms with van der Waals surface area (Å²) in [5.41, 5.74) is 5.34. The van der Waals surface area contributed by atoms with Gasteiger partial charge < -0.3 is 10.2 Å². The highest BCUT2D eigenvalue weighted by Crippen LogP contribution is 2.34. The smallest absolute Gasteiger partial charge is 0.225 e. The molecule has 3 heterocycles. The monoisotopic (exact) mass is 459 g/mol. The normalized spacial score (nSPS) is 16.3. The van der Waals surface area contributed by atoms with E-state index in [1.165, 1.54) is 5.56 Å². The standard InChI is InChI=1S/C26H29N5OS/c1-3-19-11-13-20(14-12-19)16-27-25(32)21-8-7-15-30(17-21)26-28-24-23(33-26)18(2)29-31(24)22-9-5-4-6-10-22/h4-6,9-14,21H,3,7-8,15-17H2,1-2H3,(H,27,32)/t21-/m1/s1. The van der Waals surface area contributed by atoms with Crippen molar-refractivity contribution in [1.82, 2.24) is 20.1 Å². The Hall–Kier alpha value is -3.19. The third-order valence-corrected chi connectivity index (χ3v) is 7.55. The summed E-state index contributed by atoms with van der Waals surface area (Å²) in [6.45, 7) is 6.39. The first-order chi connectivity index (χ1) is 16.1. The molecule has 0 aliphatic carbocycles. The van der Waals surface area contributed by atoms with E-state index in [9.17, 15) is 4.79 Å². The fraction of sp³-hybridized carbons (Fsp3) is 0.346. The van der Waals surface area contributed by atoms with Gasteiger partial charge in [0.1, 0.15) is 0 Å². The lowest BCUT2D eigenvalue weighted by atomic mass is 9.97. The summed E-state index contributed by atoms with van der Waals surface area (Å²) >= 11 is 1.67. The second-order valence-corrected chi connectivity index (χ2v) is 9.63. The van der Waals surface area contributed by atoms with Gasteiger partial charge in [0.25, 0.3) is 0 Å². The SMILES string of the molecule is CCc1ccc(CNC(=O)[C@@H]2CCCN(c3nc4c(s3)c(C)nn4-c3ccccc3)C2)cc1. The van der Waals surface area contributed by atoms with Crippen molar-refractivity contribution in [1.29, 1.82) is 0 Å². The highest BCUT2D eigenvalue weighted by atomic mass is 32.1. The van der Waals surface area contributed by atoms with Crippen molar-refractivity contribution in [3.05, 3.63) is 71.4 Å². The maximum Gasteiger partial charge on any atom is 0.225 e. The number of aromatic nitrogens is 3. The first-order valence-corrected chi connectivity index (χ1v) is 12.5. The number of aryl methyl sites for hydroxylation is 2. The molecule has 2 aromatic heterocycles. The molecule has 1 amide bonds. The molecule has 0 unspecified atom stereocenters. The zero-order valence-corrected chi connectivity index (χ0v) is 19.9. The molecule has 7 heteroatoms. The van der Waals surface area contributed by atoms with Gasteiger partial charge in [-0.05, 0) is 49.4 Å². The van der Waals surface area contributed by atoms with Crippen LogP contribution in [0.25, 0.3) is 16.0 Å². The summed E-state index contributed by atoms with van der Waals surface area (Å²) in [7, 11) is 0. The van der Waals surface area contributed by atoms with E-state index in [1.807, 2.05) is 41.9 Å². The molecular weight excluding hydrogens is 430 g/mol. The highest BCUT2D eigenvalue weighted by molar-refractivity contribution is 7.22. The molecule has 33 heavy (non-hydrogen) atoms. The third kappa shape index (κ3) is 4.50. The molecule has 0 saturated carbocycles. The van der Waals surface area contributed by atoms with Crippen LogP contribution in [0.5, 0.6) is 0 Å². The van der Waals surface area contributed by atoms with Crippen LogP contribution in [0.4, 0.5) is 5.13 Å². The second-order valence-electron chi connectivity index (χ2n) is 8.65. The number of benzene rings is 2. The maximum absolute atomic E-state index is 12.9. The fourth-order valence-corrected chi connectivity index (χ4v) is 5.42. The molecule has 1 fully saturated rings. The van der Waals surface area contributed by atoms with E-state index in [-0.39, 0.29) is 11.8 Å². The molecule has 1 saturated heterocycles. The molecule has 0 bridgehead atoms. The molecule has 170 valence electrons. The zero-order valence-electron chi connectivity index (χ0n) is 19.1. The summed E-state index contributed by atoms with van der Waals surface area (Å²) in [5.74, 6) is 0.111. The molecule has 0 spiro atoms. The van der Waals surface area contributed by atoms with Gasteiger partial charge in [0.05, 0.1) is 22.0 Å². The number of piperidine rings is 1. The van der Waals surface area contributed by atoms with Gasteiger partial charge in [-0.15, -0.1) is 0 Å². The number of thiazole rings is 1. The Balaban J connectivity index is 1.28. The van der Waals surface area contributed by atoms with Gasteiger partial charge in [0.2, 0.25) is 5.91 Å². The van der Waals surface area contributed by atoms with Crippen LogP contribution in [-0.4, -0.2) is 33.8 Å². The van der Waals surface area contributed by atoms with Gasteiger partial charge in [-0.2, -0.15) is 10.1 Å². The van der Waals surface area contributed by atoms with Gasteiger partial charge in [0, 0.05) is 19.6 Å². The van der Waals surface area contributed by atoms with Crippen LogP contribution in [0.1, 0.15) is 36.6 Å². The number of anilines is 1.